The Morgan fingerprint density at radius 3 is 2.68 bits per heavy atom. The highest BCUT2D eigenvalue weighted by Gasteiger charge is 2.22. The molecular weight excluding hydrogens is 248 g/mol. The van der Waals surface area contributed by atoms with Crippen LogP contribution in [0.5, 0.6) is 5.75 Å². The van der Waals surface area contributed by atoms with E-state index in [4.69, 9.17) is 4.74 Å². The molecule has 6 nitrogen and oxygen atoms in total. The Morgan fingerprint density at radius 2 is 2.11 bits per heavy atom. The van der Waals surface area contributed by atoms with Gasteiger partial charge in [-0.25, -0.2) is 0 Å². The van der Waals surface area contributed by atoms with E-state index < -0.39 is 4.92 Å². The smallest absolute Gasteiger partial charge is 0.270 e. The van der Waals surface area contributed by atoms with E-state index in [1.807, 2.05) is 0 Å². The van der Waals surface area contributed by atoms with Gasteiger partial charge in [-0.2, -0.15) is 0 Å². The summed E-state index contributed by atoms with van der Waals surface area (Å²) in [5.74, 6) is 0.0357. The number of hydrogen-bond acceptors (Lipinski definition) is 4. The van der Waals surface area contributed by atoms with Gasteiger partial charge in [-0.05, 0) is 18.9 Å². The Labute approximate surface area is 110 Å². The number of carbonyl (C=O) groups excluding carboxylic acids is 1. The number of rotatable bonds is 4. The molecule has 2 rings (SSSR count). The van der Waals surface area contributed by atoms with Gasteiger partial charge in [0.25, 0.3) is 11.6 Å². The van der Waals surface area contributed by atoms with Crippen molar-refractivity contribution < 1.29 is 14.5 Å². The van der Waals surface area contributed by atoms with E-state index in [-0.39, 0.29) is 23.2 Å². The number of nitrogens with zero attached hydrogens (tertiary/aromatic N) is 1. The van der Waals surface area contributed by atoms with E-state index in [9.17, 15) is 14.9 Å². The van der Waals surface area contributed by atoms with Crippen LogP contribution in [-0.4, -0.2) is 24.0 Å². The predicted octanol–water partition coefficient (Wildman–Crippen LogP) is 2.28. The number of hydrogen-bond donors (Lipinski definition) is 1. The minimum absolute atomic E-state index is 0.114. The SMILES string of the molecule is COc1ccc([N+](=O)[O-])cc1C(=O)NC1CCCC1. The maximum absolute atomic E-state index is 12.1. The Bertz CT molecular complexity index is 495. The van der Waals surface area contributed by atoms with Crippen LogP contribution < -0.4 is 10.1 Å². The van der Waals surface area contributed by atoms with Crippen LogP contribution in [-0.2, 0) is 0 Å². The van der Waals surface area contributed by atoms with Gasteiger partial charge < -0.3 is 10.1 Å². The summed E-state index contributed by atoms with van der Waals surface area (Å²) in [5.41, 5.74) is 0.0981. The molecule has 0 bridgehead atoms. The molecule has 0 aliphatic heterocycles. The Kier molecular flexibility index (Phi) is 3.99. The largest absolute Gasteiger partial charge is 0.496 e. The minimum Gasteiger partial charge on any atom is -0.496 e. The van der Waals surface area contributed by atoms with Gasteiger partial charge in [0.2, 0.25) is 0 Å². The van der Waals surface area contributed by atoms with Gasteiger partial charge in [-0.1, -0.05) is 12.8 Å². The fourth-order valence-corrected chi connectivity index (χ4v) is 2.32. The van der Waals surface area contributed by atoms with Gasteiger partial charge in [0.05, 0.1) is 17.6 Å². The number of nitro benzene ring substituents is 1. The first-order chi connectivity index (χ1) is 9.11. The van der Waals surface area contributed by atoms with Crippen LogP contribution in [0.25, 0.3) is 0 Å². The molecule has 1 aromatic carbocycles. The number of amides is 1. The monoisotopic (exact) mass is 264 g/mol. The summed E-state index contributed by atoms with van der Waals surface area (Å²) < 4.78 is 5.08. The fraction of sp³-hybridized carbons (Fsp3) is 0.462. The van der Waals surface area contributed by atoms with Gasteiger partial charge in [0, 0.05) is 18.2 Å². The number of nitro groups is 1. The average Bonchev–Trinajstić information content (AvgIpc) is 2.90. The summed E-state index contributed by atoms with van der Waals surface area (Å²) in [6, 6.07) is 4.19. The van der Waals surface area contributed by atoms with Gasteiger partial charge >= 0.3 is 0 Å². The lowest BCUT2D eigenvalue weighted by molar-refractivity contribution is -0.384. The van der Waals surface area contributed by atoms with Crippen LogP contribution >= 0.6 is 0 Å². The Hall–Kier alpha value is -2.11. The average molecular weight is 264 g/mol. The zero-order chi connectivity index (χ0) is 13.8. The molecule has 1 aliphatic carbocycles. The summed E-state index contributed by atoms with van der Waals surface area (Å²) in [6.45, 7) is 0. The number of nitrogens with one attached hydrogen (secondary N) is 1. The third kappa shape index (κ3) is 3.01. The second-order valence-corrected chi connectivity index (χ2v) is 4.60. The van der Waals surface area contributed by atoms with Crippen LogP contribution in [0, 0.1) is 10.1 Å². The van der Waals surface area contributed by atoms with Crippen LogP contribution in [0.2, 0.25) is 0 Å². The molecule has 0 radical (unpaired) electrons. The molecule has 1 aromatic rings. The molecule has 1 aliphatic rings. The molecule has 19 heavy (non-hydrogen) atoms. The highest BCUT2D eigenvalue weighted by molar-refractivity contribution is 5.97. The molecule has 1 amide bonds. The highest BCUT2D eigenvalue weighted by atomic mass is 16.6. The van der Waals surface area contributed by atoms with Crippen molar-refractivity contribution in [3.05, 3.63) is 33.9 Å². The van der Waals surface area contributed by atoms with Crippen LogP contribution in [0.4, 0.5) is 5.69 Å². The Morgan fingerprint density at radius 1 is 1.42 bits per heavy atom. The van der Waals surface area contributed by atoms with E-state index in [1.54, 1.807) is 0 Å². The van der Waals surface area contributed by atoms with E-state index in [2.05, 4.69) is 5.32 Å². The first-order valence-corrected chi connectivity index (χ1v) is 6.25. The topological polar surface area (TPSA) is 81.5 Å². The molecule has 0 unspecified atom stereocenters. The first kappa shape index (κ1) is 13.3. The van der Waals surface area contributed by atoms with Gasteiger partial charge in [0.1, 0.15) is 5.75 Å². The van der Waals surface area contributed by atoms with Gasteiger partial charge in [-0.3, -0.25) is 14.9 Å². The standard InChI is InChI=1S/C13H16N2O4/c1-19-12-7-6-10(15(17)18)8-11(12)13(16)14-9-4-2-3-5-9/h6-9H,2-5H2,1H3,(H,14,16). The van der Waals surface area contributed by atoms with Crippen LogP contribution in [0.15, 0.2) is 18.2 Å². The van der Waals surface area contributed by atoms with Crippen molar-refractivity contribution in [1.82, 2.24) is 5.32 Å². The maximum atomic E-state index is 12.1. The highest BCUT2D eigenvalue weighted by Crippen LogP contribution is 2.25. The number of ether oxygens (including phenoxy) is 1. The van der Waals surface area contributed by atoms with E-state index in [0.29, 0.717) is 5.75 Å². The van der Waals surface area contributed by atoms with Crippen LogP contribution in [0.3, 0.4) is 0 Å². The van der Waals surface area contributed by atoms with Crippen molar-refractivity contribution in [3.63, 3.8) is 0 Å². The van der Waals surface area contributed by atoms with Crippen molar-refractivity contribution in [2.45, 2.75) is 31.7 Å². The third-order valence-corrected chi connectivity index (χ3v) is 3.33. The molecule has 0 saturated heterocycles. The molecule has 1 saturated carbocycles. The second-order valence-electron chi connectivity index (χ2n) is 4.60. The lowest BCUT2D eigenvalue weighted by Crippen LogP contribution is -2.32. The summed E-state index contributed by atoms with van der Waals surface area (Å²) in [4.78, 5) is 22.4. The number of non-ortho nitro benzene ring substituents is 1. The summed E-state index contributed by atoms with van der Waals surface area (Å²) in [5, 5.41) is 13.6. The molecule has 0 heterocycles. The summed E-state index contributed by atoms with van der Waals surface area (Å²) in [6.07, 6.45) is 4.14. The molecule has 1 N–H and O–H groups in total. The number of benzene rings is 1. The quantitative estimate of drug-likeness (QED) is 0.668. The summed E-state index contributed by atoms with van der Waals surface area (Å²) in [7, 11) is 1.44. The minimum atomic E-state index is -0.522. The number of carbonyl (C=O) groups is 1. The zero-order valence-corrected chi connectivity index (χ0v) is 10.7. The fourth-order valence-electron chi connectivity index (χ4n) is 2.32. The van der Waals surface area contributed by atoms with Gasteiger partial charge in [-0.15, -0.1) is 0 Å². The Balaban J connectivity index is 2.22. The second kappa shape index (κ2) is 5.69. The van der Waals surface area contributed by atoms with Crippen molar-refractivity contribution in [2.75, 3.05) is 7.11 Å². The summed E-state index contributed by atoms with van der Waals surface area (Å²) >= 11 is 0. The predicted molar refractivity (Wildman–Crippen MR) is 69.4 cm³/mol. The third-order valence-electron chi connectivity index (χ3n) is 3.33. The maximum Gasteiger partial charge on any atom is 0.270 e. The van der Waals surface area contributed by atoms with Gasteiger partial charge in [0.15, 0.2) is 0 Å². The van der Waals surface area contributed by atoms with Crippen molar-refractivity contribution in [2.24, 2.45) is 0 Å². The molecule has 6 heteroatoms. The van der Waals surface area contributed by atoms with E-state index in [0.717, 1.165) is 25.7 Å². The van der Waals surface area contributed by atoms with Crippen molar-refractivity contribution in [1.29, 1.82) is 0 Å². The number of methoxy groups -OCH3 is 1. The van der Waals surface area contributed by atoms with Crippen molar-refractivity contribution in [3.8, 4) is 5.75 Å². The lowest BCUT2D eigenvalue weighted by Gasteiger charge is -2.13. The molecule has 102 valence electrons. The normalized spacial score (nSPS) is 15.2. The zero-order valence-electron chi connectivity index (χ0n) is 10.7. The van der Waals surface area contributed by atoms with E-state index in [1.165, 1.54) is 25.3 Å². The molecule has 0 spiro atoms. The van der Waals surface area contributed by atoms with Crippen molar-refractivity contribution >= 4 is 11.6 Å². The first-order valence-electron chi connectivity index (χ1n) is 6.25. The molecule has 1 fully saturated rings. The molecule has 0 atom stereocenters. The lowest BCUT2D eigenvalue weighted by atomic mass is 10.1. The molecular formula is C13H16N2O4. The van der Waals surface area contributed by atoms with Crippen LogP contribution in [0.1, 0.15) is 36.0 Å². The molecule has 0 aromatic heterocycles. The van der Waals surface area contributed by atoms with E-state index >= 15 is 0 Å².